The molecular formula is C17H18ClNO3S. The molecule has 0 saturated heterocycles. The van der Waals surface area contributed by atoms with Crippen LogP contribution in [0.4, 0.5) is 5.69 Å². The number of halogens is 1. The maximum absolute atomic E-state index is 12.2. The highest BCUT2D eigenvalue weighted by Crippen LogP contribution is 2.18. The average Bonchev–Trinajstić information content (AvgIpc) is 2.53. The summed E-state index contributed by atoms with van der Waals surface area (Å²) in [6.45, 7) is 1.96. The van der Waals surface area contributed by atoms with Crippen molar-refractivity contribution < 1.29 is 13.2 Å². The van der Waals surface area contributed by atoms with Gasteiger partial charge in [-0.1, -0.05) is 29.3 Å². The van der Waals surface area contributed by atoms with Gasteiger partial charge >= 0.3 is 0 Å². The third kappa shape index (κ3) is 4.56. The van der Waals surface area contributed by atoms with Crippen molar-refractivity contribution in [2.45, 2.75) is 18.2 Å². The van der Waals surface area contributed by atoms with Gasteiger partial charge in [0.25, 0.3) is 0 Å². The van der Waals surface area contributed by atoms with Crippen molar-refractivity contribution >= 4 is 33.0 Å². The van der Waals surface area contributed by atoms with Crippen molar-refractivity contribution in [3.8, 4) is 0 Å². The van der Waals surface area contributed by atoms with Crippen molar-refractivity contribution in [1.82, 2.24) is 0 Å². The fourth-order valence-electron chi connectivity index (χ4n) is 2.06. The maximum atomic E-state index is 12.2. The second-order valence-electron chi connectivity index (χ2n) is 5.31. The van der Waals surface area contributed by atoms with E-state index in [1.165, 1.54) is 29.2 Å². The van der Waals surface area contributed by atoms with Gasteiger partial charge in [-0.25, -0.2) is 8.42 Å². The number of sulfone groups is 1. The molecule has 0 spiro atoms. The molecule has 0 saturated carbocycles. The normalized spacial score (nSPS) is 11.3. The Morgan fingerprint density at radius 1 is 1.04 bits per heavy atom. The number of nitrogens with zero attached hydrogens (tertiary/aromatic N) is 1. The molecule has 0 aromatic heterocycles. The predicted molar refractivity (Wildman–Crippen MR) is 92.7 cm³/mol. The summed E-state index contributed by atoms with van der Waals surface area (Å²) >= 11 is 5.75. The minimum Gasteiger partial charge on any atom is -0.315 e. The zero-order valence-corrected chi connectivity index (χ0v) is 14.6. The lowest BCUT2D eigenvalue weighted by Crippen LogP contribution is -2.28. The van der Waals surface area contributed by atoms with E-state index in [2.05, 4.69) is 0 Å². The van der Waals surface area contributed by atoms with Gasteiger partial charge in [0.1, 0.15) is 0 Å². The van der Waals surface area contributed by atoms with Crippen molar-refractivity contribution in [1.29, 1.82) is 0 Å². The lowest BCUT2D eigenvalue weighted by Gasteiger charge is -2.17. The molecule has 23 heavy (non-hydrogen) atoms. The largest absolute Gasteiger partial charge is 0.315 e. The van der Waals surface area contributed by atoms with E-state index in [1.54, 1.807) is 7.05 Å². The van der Waals surface area contributed by atoms with Crippen LogP contribution < -0.4 is 4.90 Å². The Morgan fingerprint density at radius 3 is 2.17 bits per heavy atom. The van der Waals surface area contributed by atoms with E-state index in [0.717, 1.165) is 11.3 Å². The van der Waals surface area contributed by atoms with Crippen LogP contribution in [0.25, 0.3) is 0 Å². The van der Waals surface area contributed by atoms with E-state index in [9.17, 15) is 13.2 Å². The number of hydrogen-bond acceptors (Lipinski definition) is 3. The molecule has 6 heteroatoms. The molecule has 0 N–H and O–H groups in total. The summed E-state index contributed by atoms with van der Waals surface area (Å²) in [5.74, 6) is -0.477. The number of anilines is 1. The van der Waals surface area contributed by atoms with E-state index >= 15 is 0 Å². The number of carbonyl (C=O) groups is 1. The van der Waals surface area contributed by atoms with E-state index in [-0.39, 0.29) is 23.0 Å². The Bertz CT molecular complexity index is 784. The summed E-state index contributed by atoms with van der Waals surface area (Å²) in [7, 11) is -1.86. The topological polar surface area (TPSA) is 54.5 Å². The third-order valence-corrected chi connectivity index (χ3v) is 5.54. The SMILES string of the molecule is Cc1ccc(N(C)C(=O)CCS(=O)(=O)c2ccc(Cl)cc2)cc1. The Kier molecular flexibility index (Phi) is 5.44. The summed E-state index contributed by atoms with van der Waals surface area (Å²) in [5.41, 5.74) is 1.84. The number of hydrogen-bond donors (Lipinski definition) is 0. The third-order valence-electron chi connectivity index (χ3n) is 3.55. The standard InChI is InChI=1S/C17H18ClNO3S/c1-13-3-7-15(8-4-13)19(2)17(20)11-12-23(21,22)16-9-5-14(18)6-10-16/h3-10H,11-12H2,1-2H3. The van der Waals surface area contributed by atoms with Crippen LogP contribution in [0.3, 0.4) is 0 Å². The molecule has 122 valence electrons. The summed E-state index contributed by atoms with van der Waals surface area (Å²) < 4.78 is 24.5. The molecule has 0 aliphatic heterocycles. The van der Waals surface area contributed by atoms with Gasteiger partial charge in [-0.2, -0.15) is 0 Å². The predicted octanol–water partition coefficient (Wildman–Crippen LogP) is 3.48. The fraction of sp³-hybridized carbons (Fsp3) is 0.235. The smallest absolute Gasteiger partial charge is 0.227 e. The average molecular weight is 352 g/mol. The molecule has 2 aromatic carbocycles. The molecule has 0 aliphatic carbocycles. The van der Waals surface area contributed by atoms with Crippen LogP contribution in [0.2, 0.25) is 5.02 Å². The lowest BCUT2D eigenvalue weighted by atomic mass is 10.2. The van der Waals surface area contributed by atoms with Crippen LogP contribution in [0.1, 0.15) is 12.0 Å². The zero-order valence-electron chi connectivity index (χ0n) is 13.0. The Hall–Kier alpha value is -1.85. The highest BCUT2D eigenvalue weighted by Gasteiger charge is 2.18. The molecule has 0 bridgehead atoms. The van der Waals surface area contributed by atoms with E-state index < -0.39 is 9.84 Å². The molecule has 1 amide bonds. The Labute approximate surface area is 141 Å². The number of rotatable bonds is 5. The monoisotopic (exact) mass is 351 g/mol. The van der Waals surface area contributed by atoms with Crippen LogP contribution in [0.15, 0.2) is 53.4 Å². The van der Waals surface area contributed by atoms with Crippen molar-refractivity contribution in [2.24, 2.45) is 0 Å². The first-order valence-electron chi connectivity index (χ1n) is 7.11. The van der Waals surface area contributed by atoms with Crippen LogP contribution in [0, 0.1) is 6.92 Å². The van der Waals surface area contributed by atoms with Gasteiger partial charge in [-0.3, -0.25) is 4.79 Å². The minimum atomic E-state index is -3.50. The van der Waals surface area contributed by atoms with Gasteiger partial charge < -0.3 is 4.90 Å². The molecule has 2 aromatic rings. The molecule has 2 rings (SSSR count). The van der Waals surface area contributed by atoms with Gasteiger partial charge in [0.2, 0.25) is 5.91 Å². The van der Waals surface area contributed by atoms with Crippen molar-refractivity contribution in [2.75, 3.05) is 17.7 Å². The summed E-state index contributed by atoms with van der Waals surface area (Å²) in [6.07, 6.45) is -0.0741. The molecule has 4 nitrogen and oxygen atoms in total. The van der Waals surface area contributed by atoms with E-state index in [0.29, 0.717) is 5.02 Å². The fourth-order valence-corrected chi connectivity index (χ4v) is 3.42. The molecule has 0 fully saturated rings. The molecule has 0 unspecified atom stereocenters. The van der Waals surface area contributed by atoms with Crippen LogP contribution >= 0.6 is 11.6 Å². The van der Waals surface area contributed by atoms with Crippen molar-refractivity contribution in [3.63, 3.8) is 0 Å². The molecule has 0 radical (unpaired) electrons. The molecule has 0 atom stereocenters. The van der Waals surface area contributed by atoms with Crippen LogP contribution in [0.5, 0.6) is 0 Å². The summed E-state index contributed by atoms with van der Waals surface area (Å²) in [6, 6.07) is 13.4. The summed E-state index contributed by atoms with van der Waals surface area (Å²) in [5, 5.41) is 0.471. The van der Waals surface area contributed by atoms with Gasteiger partial charge in [0, 0.05) is 24.2 Å². The van der Waals surface area contributed by atoms with Gasteiger partial charge in [-0.05, 0) is 43.3 Å². The van der Waals surface area contributed by atoms with Crippen molar-refractivity contribution in [3.05, 3.63) is 59.1 Å². The van der Waals surface area contributed by atoms with Crippen LogP contribution in [-0.4, -0.2) is 27.1 Å². The first-order chi connectivity index (χ1) is 10.8. The number of amides is 1. The van der Waals surface area contributed by atoms with E-state index in [4.69, 9.17) is 11.6 Å². The maximum Gasteiger partial charge on any atom is 0.227 e. The first kappa shape index (κ1) is 17.5. The quantitative estimate of drug-likeness (QED) is 0.828. The van der Waals surface area contributed by atoms with Gasteiger partial charge in [0.05, 0.1) is 10.6 Å². The Balaban J connectivity index is 2.03. The number of aryl methyl sites for hydroxylation is 1. The second-order valence-corrected chi connectivity index (χ2v) is 7.86. The highest BCUT2D eigenvalue weighted by molar-refractivity contribution is 7.91. The van der Waals surface area contributed by atoms with Gasteiger partial charge in [-0.15, -0.1) is 0 Å². The summed E-state index contributed by atoms with van der Waals surface area (Å²) in [4.78, 5) is 13.8. The molecule has 0 heterocycles. The first-order valence-corrected chi connectivity index (χ1v) is 9.14. The van der Waals surface area contributed by atoms with E-state index in [1.807, 2.05) is 31.2 Å². The number of carbonyl (C=O) groups excluding carboxylic acids is 1. The highest BCUT2D eigenvalue weighted by atomic mass is 35.5. The number of benzene rings is 2. The molecule has 0 aliphatic rings. The van der Waals surface area contributed by atoms with Gasteiger partial charge in [0.15, 0.2) is 9.84 Å². The van der Waals surface area contributed by atoms with Crippen LogP contribution in [-0.2, 0) is 14.6 Å². The zero-order chi connectivity index (χ0) is 17.0. The minimum absolute atomic E-state index is 0.0741. The second kappa shape index (κ2) is 7.15. The lowest BCUT2D eigenvalue weighted by molar-refractivity contribution is -0.117. The Morgan fingerprint density at radius 2 is 1.61 bits per heavy atom. The molecular weight excluding hydrogens is 334 g/mol.